The van der Waals surface area contributed by atoms with Crippen molar-refractivity contribution in [2.24, 2.45) is 5.16 Å². The molecule has 10 nitrogen and oxygen atoms in total. The lowest BCUT2D eigenvalue weighted by molar-refractivity contribution is -0.150. The van der Waals surface area contributed by atoms with E-state index >= 15 is 0 Å². The highest BCUT2D eigenvalue weighted by Crippen LogP contribution is 2.37. The second kappa shape index (κ2) is 8.96. The third kappa shape index (κ3) is 4.29. The van der Waals surface area contributed by atoms with Crippen LogP contribution in [0.5, 0.6) is 0 Å². The molecule has 2 aliphatic heterocycles. The minimum atomic E-state index is -1.21. The van der Waals surface area contributed by atoms with Gasteiger partial charge in [0.1, 0.15) is 35.2 Å². The molecule has 0 bridgehead atoms. The summed E-state index contributed by atoms with van der Waals surface area (Å²) in [7, 11) is 0. The molecule has 3 heterocycles. The molecule has 2 atom stereocenters. The summed E-state index contributed by atoms with van der Waals surface area (Å²) in [6.07, 6.45) is 1.45. The van der Waals surface area contributed by atoms with E-state index in [1.54, 1.807) is 0 Å². The van der Waals surface area contributed by atoms with E-state index in [4.69, 9.17) is 10.6 Å². The number of hydrogen-bond donors (Lipinski definition) is 3. The number of amides is 2. The second-order valence-corrected chi connectivity index (χ2v) is 8.73. The van der Waals surface area contributed by atoms with Gasteiger partial charge in [0, 0.05) is 11.1 Å². The summed E-state index contributed by atoms with van der Waals surface area (Å²) < 4.78 is 13.0. The van der Waals surface area contributed by atoms with Gasteiger partial charge in [-0.1, -0.05) is 17.3 Å². The van der Waals surface area contributed by atoms with E-state index < -0.39 is 35.0 Å². The predicted molar refractivity (Wildman–Crippen MR) is 115 cm³/mol. The number of nitrogens with zero attached hydrogens (tertiary/aromatic N) is 3. The fourth-order valence-electron chi connectivity index (χ4n) is 3.10. The van der Waals surface area contributed by atoms with Crippen LogP contribution in [0.25, 0.3) is 0 Å². The van der Waals surface area contributed by atoms with Crippen LogP contribution in [0.1, 0.15) is 11.3 Å². The zero-order chi connectivity index (χ0) is 22.8. The summed E-state index contributed by atoms with van der Waals surface area (Å²) in [4.78, 5) is 47.2. The Kier molecular flexibility index (Phi) is 6.10. The average Bonchev–Trinajstić information content (AvgIpc) is 3.21. The number of aliphatic carboxylic acids is 1. The molecule has 1 aromatic heterocycles. The predicted octanol–water partition coefficient (Wildman–Crippen LogP) is 1.15. The fraction of sp³-hybridized carbons (Fsp3) is 0.211. The quantitative estimate of drug-likeness (QED) is 0.306. The number of carbonyl (C=O) groups excluding carboxylic acids is 2. The molecule has 0 radical (unpaired) electrons. The van der Waals surface area contributed by atoms with Gasteiger partial charge in [0.25, 0.3) is 11.8 Å². The number of hydrogen-bond acceptors (Lipinski definition) is 9. The number of benzene rings is 1. The highest BCUT2D eigenvalue weighted by Gasteiger charge is 2.53. The number of rotatable bonds is 7. The smallest absolute Gasteiger partial charge is 0.352 e. The Labute approximate surface area is 188 Å². The topological polar surface area (TPSA) is 147 Å². The molecule has 0 aliphatic carbocycles. The minimum absolute atomic E-state index is 0.0297. The maximum absolute atomic E-state index is 13.0. The van der Waals surface area contributed by atoms with Crippen molar-refractivity contribution in [1.29, 1.82) is 0 Å². The third-order valence-electron chi connectivity index (χ3n) is 4.63. The van der Waals surface area contributed by atoms with Crippen molar-refractivity contribution in [1.82, 2.24) is 15.2 Å². The third-order valence-corrected chi connectivity index (χ3v) is 6.49. The molecule has 0 spiro atoms. The molecule has 1 saturated heterocycles. The normalized spacial score (nSPS) is 20.2. The fourth-order valence-corrected chi connectivity index (χ4v) is 4.84. The van der Waals surface area contributed by atoms with Crippen LogP contribution in [-0.2, 0) is 25.8 Å². The summed E-state index contributed by atoms with van der Waals surface area (Å²) in [5.74, 6) is -2.46. The lowest BCUT2D eigenvalue weighted by atomic mass is 10.0. The molecule has 1 aromatic carbocycles. The molecule has 32 heavy (non-hydrogen) atoms. The second-order valence-electron chi connectivity index (χ2n) is 6.69. The molecule has 4 N–H and O–H groups in total. The number of aromatic nitrogens is 1. The maximum Gasteiger partial charge on any atom is 0.352 e. The Morgan fingerprint density at radius 3 is 2.78 bits per heavy atom. The SMILES string of the molecule is Nc1nc(C(=NOCc2ccc(F)cc2)C(=O)NC2C(=O)N3C(C(=O)O)=CCS[C@H]23)cs1. The zero-order valence-electron chi connectivity index (χ0n) is 16.2. The summed E-state index contributed by atoms with van der Waals surface area (Å²) in [6, 6.07) is 4.65. The number of thioether (sulfide) groups is 1. The zero-order valence-corrected chi connectivity index (χ0v) is 17.9. The number of carboxylic acid groups (broad SMARTS) is 1. The number of carbonyl (C=O) groups is 3. The van der Waals surface area contributed by atoms with Crippen LogP contribution in [0, 0.1) is 5.82 Å². The number of nitrogens with one attached hydrogen (secondary N) is 1. The lowest BCUT2D eigenvalue weighted by Gasteiger charge is -2.48. The van der Waals surface area contributed by atoms with Gasteiger partial charge in [-0.05, 0) is 23.8 Å². The Bertz CT molecular complexity index is 1130. The molecule has 0 saturated carbocycles. The van der Waals surface area contributed by atoms with Crippen LogP contribution in [0.2, 0.25) is 0 Å². The summed E-state index contributed by atoms with van der Waals surface area (Å²) in [6.45, 7) is -0.0297. The molecule has 2 aromatic rings. The van der Waals surface area contributed by atoms with Crippen LogP contribution >= 0.6 is 23.1 Å². The number of anilines is 1. The van der Waals surface area contributed by atoms with Crippen molar-refractivity contribution in [2.45, 2.75) is 18.0 Å². The number of nitrogens with two attached hydrogens (primary N) is 1. The van der Waals surface area contributed by atoms with Gasteiger partial charge in [0.2, 0.25) is 0 Å². The van der Waals surface area contributed by atoms with Crippen molar-refractivity contribution in [3.05, 3.63) is 58.5 Å². The number of oxime groups is 1. The number of fused-ring (bicyclic) bond motifs is 1. The molecule has 4 rings (SSSR count). The van der Waals surface area contributed by atoms with Gasteiger partial charge in [-0.3, -0.25) is 14.5 Å². The van der Waals surface area contributed by atoms with Gasteiger partial charge in [0.15, 0.2) is 10.8 Å². The lowest BCUT2D eigenvalue weighted by Crippen LogP contribution is -2.70. The van der Waals surface area contributed by atoms with Gasteiger partial charge in [-0.2, -0.15) is 0 Å². The van der Waals surface area contributed by atoms with Crippen LogP contribution < -0.4 is 11.1 Å². The Hall–Kier alpha value is -3.45. The van der Waals surface area contributed by atoms with Gasteiger partial charge in [0.05, 0.1) is 0 Å². The molecule has 1 unspecified atom stereocenters. The van der Waals surface area contributed by atoms with Crippen molar-refractivity contribution >= 4 is 51.7 Å². The standard InChI is InChI=1S/C19H16FN5O5S2/c20-10-3-1-9(2-4-10)7-30-24-13(11-8-32-19(21)22-11)15(26)23-14-16(27)25-12(18(28)29)5-6-31-17(14)25/h1-5,8,14,17H,6-7H2,(H2,21,22)(H,23,26)(H,28,29)/t14?,17-/m1/s1. The van der Waals surface area contributed by atoms with E-state index in [9.17, 15) is 23.9 Å². The van der Waals surface area contributed by atoms with E-state index in [0.29, 0.717) is 11.3 Å². The van der Waals surface area contributed by atoms with E-state index in [1.165, 1.54) is 47.5 Å². The number of nitrogen functional groups attached to an aromatic ring is 1. The van der Waals surface area contributed by atoms with Gasteiger partial charge in [-0.25, -0.2) is 14.2 Å². The Morgan fingerprint density at radius 2 is 2.12 bits per heavy atom. The van der Waals surface area contributed by atoms with E-state index in [0.717, 1.165) is 16.2 Å². The first-order chi connectivity index (χ1) is 15.3. The molecular weight excluding hydrogens is 461 g/mol. The van der Waals surface area contributed by atoms with Crippen LogP contribution in [0.4, 0.5) is 9.52 Å². The summed E-state index contributed by atoms with van der Waals surface area (Å²) in [5.41, 5.74) is 6.15. The number of carboxylic acids is 1. The van der Waals surface area contributed by atoms with Gasteiger partial charge < -0.3 is 21.0 Å². The maximum atomic E-state index is 13.0. The number of thiazole rings is 1. The van der Waals surface area contributed by atoms with Gasteiger partial charge in [-0.15, -0.1) is 23.1 Å². The van der Waals surface area contributed by atoms with Crippen molar-refractivity contribution < 1.29 is 28.7 Å². The highest BCUT2D eigenvalue weighted by atomic mass is 32.2. The van der Waals surface area contributed by atoms with Gasteiger partial charge >= 0.3 is 5.97 Å². The molecule has 2 amide bonds. The number of halogens is 1. The Balaban J connectivity index is 1.48. The molecule has 13 heteroatoms. The van der Waals surface area contributed by atoms with E-state index in [2.05, 4.69) is 15.5 Å². The molecular formula is C19H16FN5O5S2. The monoisotopic (exact) mass is 477 g/mol. The molecule has 2 aliphatic rings. The number of β-lactam (4-membered cyclic amide) rings is 1. The van der Waals surface area contributed by atoms with E-state index in [1.807, 2.05) is 0 Å². The molecule has 1 fully saturated rings. The van der Waals surface area contributed by atoms with Crippen LogP contribution in [0.15, 0.2) is 46.6 Å². The Morgan fingerprint density at radius 1 is 1.38 bits per heavy atom. The minimum Gasteiger partial charge on any atom is -0.477 e. The highest BCUT2D eigenvalue weighted by molar-refractivity contribution is 8.00. The van der Waals surface area contributed by atoms with Crippen molar-refractivity contribution in [2.75, 3.05) is 11.5 Å². The van der Waals surface area contributed by atoms with Crippen molar-refractivity contribution in [3.8, 4) is 0 Å². The van der Waals surface area contributed by atoms with Crippen molar-refractivity contribution in [3.63, 3.8) is 0 Å². The first-order valence-electron chi connectivity index (χ1n) is 9.20. The first kappa shape index (κ1) is 21.8. The summed E-state index contributed by atoms with van der Waals surface area (Å²) in [5, 5.41) is 16.9. The van der Waals surface area contributed by atoms with Crippen LogP contribution in [-0.4, -0.2) is 55.7 Å². The van der Waals surface area contributed by atoms with E-state index in [-0.39, 0.29) is 28.8 Å². The largest absolute Gasteiger partial charge is 0.477 e. The first-order valence-corrected chi connectivity index (χ1v) is 11.1. The van der Waals surface area contributed by atoms with Crippen LogP contribution in [0.3, 0.4) is 0 Å². The molecule has 166 valence electrons. The average molecular weight is 477 g/mol. The summed E-state index contributed by atoms with van der Waals surface area (Å²) >= 11 is 2.43.